The van der Waals surface area contributed by atoms with Gasteiger partial charge in [0.15, 0.2) is 0 Å². The van der Waals surface area contributed by atoms with Crippen LogP contribution in [0.5, 0.6) is 0 Å². The number of hydrogen-bond acceptors (Lipinski definition) is 3. The van der Waals surface area contributed by atoms with Gasteiger partial charge in [-0.05, 0) is 36.8 Å². The Morgan fingerprint density at radius 2 is 2.19 bits per heavy atom. The molecule has 21 heavy (non-hydrogen) atoms. The minimum Gasteiger partial charge on any atom is -0.478 e. The Balaban J connectivity index is 2.15. The van der Waals surface area contributed by atoms with Gasteiger partial charge in [-0.2, -0.15) is 0 Å². The maximum Gasteiger partial charge on any atom is 0.335 e. The Labute approximate surface area is 119 Å². The predicted molar refractivity (Wildman–Crippen MR) is 77.6 cm³/mol. The van der Waals surface area contributed by atoms with Gasteiger partial charge >= 0.3 is 11.7 Å². The number of carbonyl (C=O) groups is 1. The Morgan fingerprint density at radius 1 is 1.38 bits per heavy atom. The van der Waals surface area contributed by atoms with Crippen molar-refractivity contribution < 1.29 is 9.90 Å². The number of nitrogens with one attached hydrogen (secondary N) is 1. The van der Waals surface area contributed by atoms with Crippen LogP contribution in [0.15, 0.2) is 41.3 Å². The van der Waals surface area contributed by atoms with Crippen molar-refractivity contribution in [1.29, 1.82) is 0 Å². The minimum atomic E-state index is -1.02. The number of carboxylic acid groups (broad SMARTS) is 1. The molecule has 0 amide bonds. The van der Waals surface area contributed by atoms with E-state index in [1.807, 2.05) is 19.1 Å². The zero-order chi connectivity index (χ0) is 15.0. The molecule has 0 fully saturated rings. The fourth-order valence-corrected chi connectivity index (χ4v) is 2.28. The first-order valence-electron chi connectivity index (χ1n) is 6.42. The Hall–Kier alpha value is -2.89. The predicted octanol–water partition coefficient (Wildman–Crippen LogP) is 1.78. The van der Waals surface area contributed by atoms with Gasteiger partial charge in [0.25, 0.3) is 0 Å². The molecule has 0 aliphatic carbocycles. The van der Waals surface area contributed by atoms with Gasteiger partial charge in [0.05, 0.1) is 28.8 Å². The van der Waals surface area contributed by atoms with Crippen LogP contribution in [0.25, 0.3) is 11.0 Å². The second-order valence-corrected chi connectivity index (χ2v) is 4.82. The molecule has 0 saturated heterocycles. The Bertz CT molecular complexity index is 893. The van der Waals surface area contributed by atoms with Gasteiger partial charge < -0.3 is 10.1 Å². The summed E-state index contributed by atoms with van der Waals surface area (Å²) in [6, 6.07) is 8.32. The van der Waals surface area contributed by atoms with Gasteiger partial charge in [0, 0.05) is 6.20 Å². The molecule has 3 aromatic rings. The van der Waals surface area contributed by atoms with Crippen LogP contribution in [0.4, 0.5) is 0 Å². The lowest BCUT2D eigenvalue weighted by Crippen LogP contribution is -2.18. The van der Waals surface area contributed by atoms with Crippen molar-refractivity contribution in [2.75, 3.05) is 0 Å². The molecule has 0 spiro atoms. The normalized spacial score (nSPS) is 10.9. The molecular weight excluding hydrogens is 270 g/mol. The van der Waals surface area contributed by atoms with Crippen LogP contribution in [0.3, 0.4) is 0 Å². The minimum absolute atomic E-state index is 0.146. The summed E-state index contributed by atoms with van der Waals surface area (Å²) < 4.78 is 1.50. The maximum atomic E-state index is 12.1. The van der Waals surface area contributed by atoms with Gasteiger partial charge in [-0.3, -0.25) is 9.55 Å². The van der Waals surface area contributed by atoms with Crippen molar-refractivity contribution in [1.82, 2.24) is 14.5 Å². The molecule has 0 aliphatic heterocycles. The molecule has 0 bridgehead atoms. The van der Waals surface area contributed by atoms with Crippen molar-refractivity contribution >= 4 is 17.0 Å². The van der Waals surface area contributed by atoms with Gasteiger partial charge in [-0.15, -0.1) is 0 Å². The molecular formula is C15H13N3O3. The number of nitrogens with zero attached hydrogens (tertiary/aromatic N) is 2. The molecule has 0 atom stereocenters. The fourth-order valence-electron chi connectivity index (χ4n) is 2.28. The number of hydrogen-bond donors (Lipinski definition) is 2. The number of aromatic nitrogens is 3. The molecule has 0 unspecified atom stereocenters. The molecule has 0 radical (unpaired) electrons. The second kappa shape index (κ2) is 4.90. The molecule has 3 rings (SSSR count). The number of benzene rings is 1. The van der Waals surface area contributed by atoms with E-state index in [9.17, 15) is 9.59 Å². The third kappa shape index (κ3) is 2.31. The van der Waals surface area contributed by atoms with E-state index in [4.69, 9.17) is 5.11 Å². The molecule has 2 heterocycles. The number of imidazole rings is 1. The number of pyridine rings is 1. The fraction of sp³-hybridized carbons (Fsp3) is 0.133. The topological polar surface area (TPSA) is 88.0 Å². The van der Waals surface area contributed by atoms with Gasteiger partial charge in [0.1, 0.15) is 0 Å². The highest BCUT2D eigenvalue weighted by Crippen LogP contribution is 2.15. The maximum absolute atomic E-state index is 12.1. The summed E-state index contributed by atoms with van der Waals surface area (Å²) in [7, 11) is 0. The van der Waals surface area contributed by atoms with Crippen LogP contribution in [0.1, 0.15) is 21.6 Å². The summed E-state index contributed by atoms with van der Waals surface area (Å²) in [6.07, 6.45) is 1.67. The van der Waals surface area contributed by atoms with Crippen LogP contribution >= 0.6 is 0 Å². The summed E-state index contributed by atoms with van der Waals surface area (Å²) >= 11 is 0. The van der Waals surface area contributed by atoms with Crippen LogP contribution in [0, 0.1) is 6.92 Å². The summed E-state index contributed by atoms with van der Waals surface area (Å²) in [5.74, 6) is -1.02. The first kappa shape index (κ1) is 13.1. The van der Waals surface area contributed by atoms with E-state index in [0.29, 0.717) is 17.6 Å². The van der Waals surface area contributed by atoms with E-state index in [2.05, 4.69) is 9.97 Å². The lowest BCUT2D eigenvalue weighted by Gasteiger charge is -2.06. The van der Waals surface area contributed by atoms with Crippen molar-refractivity contribution in [3.05, 3.63) is 63.8 Å². The van der Waals surface area contributed by atoms with Crippen LogP contribution in [-0.4, -0.2) is 25.6 Å². The first-order valence-corrected chi connectivity index (χ1v) is 6.42. The Morgan fingerprint density at radius 3 is 2.90 bits per heavy atom. The smallest absolute Gasteiger partial charge is 0.335 e. The van der Waals surface area contributed by atoms with Gasteiger partial charge in [-0.1, -0.05) is 6.07 Å². The number of rotatable bonds is 3. The number of aromatic carboxylic acids is 1. The molecule has 2 aromatic heterocycles. The third-order valence-corrected chi connectivity index (χ3v) is 3.45. The quantitative estimate of drug-likeness (QED) is 0.767. The zero-order valence-electron chi connectivity index (χ0n) is 11.3. The van der Waals surface area contributed by atoms with E-state index in [0.717, 1.165) is 11.3 Å². The monoisotopic (exact) mass is 283 g/mol. The molecule has 6 heteroatoms. The zero-order valence-corrected chi connectivity index (χ0v) is 11.3. The third-order valence-electron chi connectivity index (χ3n) is 3.45. The SMILES string of the molecule is Cc1cccnc1Cn1c(=O)[nH]c2ccc(C(=O)O)cc21. The standard InChI is InChI=1S/C15H13N3O3/c1-9-3-2-6-16-12(9)8-18-13-7-10(14(19)20)4-5-11(13)17-15(18)21/h2-7H,8H2,1H3,(H,17,21)(H,19,20). The summed E-state index contributed by atoms with van der Waals surface area (Å²) in [6.45, 7) is 2.22. The molecule has 2 N–H and O–H groups in total. The molecule has 6 nitrogen and oxygen atoms in total. The highest BCUT2D eigenvalue weighted by molar-refractivity contribution is 5.92. The summed E-state index contributed by atoms with van der Waals surface area (Å²) in [5, 5.41) is 9.07. The lowest BCUT2D eigenvalue weighted by molar-refractivity contribution is 0.0697. The van der Waals surface area contributed by atoms with E-state index in [-0.39, 0.29) is 11.3 Å². The van der Waals surface area contributed by atoms with Crippen LogP contribution in [-0.2, 0) is 6.54 Å². The van der Waals surface area contributed by atoms with Crippen LogP contribution < -0.4 is 5.69 Å². The number of fused-ring (bicyclic) bond motifs is 1. The van der Waals surface area contributed by atoms with E-state index in [1.54, 1.807) is 12.3 Å². The molecule has 106 valence electrons. The molecule has 0 saturated carbocycles. The molecule has 0 aliphatic rings. The highest BCUT2D eigenvalue weighted by atomic mass is 16.4. The number of aryl methyl sites for hydroxylation is 1. The average Bonchev–Trinajstić information content (AvgIpc) is 2.76. The van der Waals surface area contributed by atoms with Crippen LogP contribution in [0.2, 0.25) is 0 Å². The number of aromatic amines is 1. The lowest BCUT2D eigenvalue weighted by atomic mass is 10.2. The summed E-state index contributed by atoms with van der Waals surface area (Å²) in [4.78, 5) is 30.1. The van der Waals surface area contributed by atoms with Gasteiger partial charge in [0.2, 0.25) is 0 Å². The van der Waals surface area contributed by atoms with E-state index < -0.39 is 5.97 Å². The second-order valence-electron chi connectivity index (χ2n) is 4.82. The average molecular weight is 283 g/mol. The summed E-state index contributed by atoms with van der Waals surface area (Å²) in [5.41, 5.74) is 2.79. The van der Waals surface area contributed by atoms with Crippen molar-refractivity contribution in [3.8, 4) is 0 Å². The molecule has 1 aromatic carbocycles. The highest BCUT2D eigenvalue weighted by Gasteiger charge is 2.12. The Kier molecular flexibility index (Phi) is 3.06. The van der Waals surface area contributed by atoms with Gasteiger partial charge in [-0.25, -0.2) is 9.59 Å². The van der Waals surface area contributed by atoms with Crippen molar-refractivity contribution in [2.24, 2.45) is 0 Å². The van der Waals surface area contributed by atoms with Crippen molar-refractivity contribution in [2.45, 2.75) is 13.5 Å². The van der Waals surface area contributed by atoms with E-state index >= 15 is 0 Å². The largest absolute Gasteiger partial charge is 0.478 e. The number of H-pyrrole nitrogens is 1. The van der Waals surface area contributed by atoms with E-state index in [1.165, 1.54) is 16.7 Å². The van der Waals surface area contributed by atoms with Crippen molar-refractivity contribution in [3.63, 3.8) is 0 Å². The number of carboxylic acids is 1. The first-order chi connectivity index (χ1) is 10.1.